The van der Waals surface area contributed by atoms with Crippen LogP contribution >= 0.6 is 0 Å². The molecular weight excluding hydrogens is 256 g/mol. The molecule has 0 unspecified atom stereocenters. The molecule has 0 atom stereocenters. The first-order valence-corrected chi connectivity index (χ1v) is 7.43. The van der Waals surface area contributed by atoms with Crippen molar-refractivity contribution < 1.29 is 19.1 Å². The van der Waals surface area contributed by atoms with Crippen LogP contribution in [-0.2, 0) is 19.1 Å². The Labute approximate surface area is 123 Å². The third kappa shape index (κ3) is 10.8. The number of rotatable bonds is 8. The zero-order chi connectivity index (χ0) is 15.8. The molecule has 0 aliphatic rings. The first-order valence-electron chi connectivity index (χ1n) is 7.43. The molecule has 4 nitrogen and oxygen atoms in total. The fraction of sp³-hybridized carbons (Fsp3) is 0.875. The van der Waals surface area contributed by atoms with Crippen molar-refractivity contribution >= 4 is 11.9 Å². The highest BCUT2D eigenvalue weighted by Gasteiger charge is 2.20. The largest absolute Gasteiger partial charge is 0.466 e. The van der Waals surface area contributed by atoms with Crippen LogP contribution in [-0.4, -0.2) is 24.1 Å². The number of hydrogen-bond acceptors (Lipinski definition) is 4. The second-order valence-corrected chi connectivity index (χ2v) is 6.97. The zero-order valence-electron chi connectivity index (χ0n) is 13.9. The van der Waals surface area contributed by atoms with Gasteiger partial charge in [0.2, 0.25) is 0 Å². The van der Waals surface area contributed by atoms with Crippen molar-refractivity contribution in [2.45, 2.75) is 79.2 Å². The molecule has 0 fully saturated rings. The molecule has 0 bridgehead atoms. The van der Waals surface area contributed by atoms with Crippen LogP contribution in [0.5, 0.6) is 0 Å². The lowest BCUT2D eigenvalue weighted by atomic mass is 9.91. The van der Waals surface area contributed by atoms with Gasteiger partial charge in [0.15, 0.2) is 0 Å². The normalized spacial score (nSPS) is 12.1. The summed E-state index contributed by atoms with van der Waals surface area (Å²) >= 11 is 0. The molecule has 4 heteroatoms. The number of carbonyl (C=O) groups is 2. The van der Waals surface area contributed by atoms with Crippen molar-refractivity contribution in [1.82, 2.24) is 0 Å². The maximum absolute atomic E-state index is 11.6. The highest BCUT2D eigenvalue weighted by molar-refractivity contribution is 5.70. The van der Waals surface area contributed by atoms with E-state index in [1.807, 2.05) is 20.8 Å². The van der Waals surface area contributed by atoms with Gasteiger partial charge in [0.1, 0.15) is 5.60 Å². The topological polar surface area (TPSA) is 52.6 Å². The smallest absolute Gasteiger partial charge is 0.306 e. The van der Waals surface area contributed by atoms with E-state index in [0.717, 1.165) is 12.8 Å². The monoisotopic (exact) mass is 286 g/mol. The average molecular weight is 286 g/mol. The molecule has 0 saturated heterocycles. The summed E-state index contributed by atoms with van der Waals surface area (Å²) in [6, 6.07) is 0. The van der Waals surface area contributed by atoms with Gasteiger partial charge in [-0.05, 0) is 38.5 Å². The molecule has 0 amide bonds. The third-order valence-corrected chi connectivity index (χ3v) is 3.11. The highest BCUT2D eigenvalue weighted by Crippen LogP contribution is 2.20. The zero-order valence-corrected chi connectivity index (χ0v) is 13.9. The molecule has 0 saturated carbocycles. The summed E-state index contributed by atoms with van der Waals surface area (Å²) in [4.78, 5) is 23.0. The van der Waals surface area contributed by atoms with Crippen LogP contribution in [0.1, 0.15) is 73.6 Å². The molecule has 20 heavy (non-hydrogen) atoms. The van der Waals surface area contributed by atoms with Crippen molar-refractivity contribution in [3.63, 3.8) is 0 Å². The summed E-state index contributed by atoms with van der Waals surface area (Å²) in [7, 11) is 0. The van der Waals surface area contributed by atoms with Crippen molar-refractivity contribution in [2.24, 2.45) is 5.41 Å². The number of hydrogen-bond donors (Lipinski definition) is 0. The van der Waals surface area contributed by atoms with Crippen LogP contribution in [0.2, 0.25) is 0 Å². The minimum atomic E-state index is -0.416. The van der Waals surface area contributed by atoms with Crippen molar-refractivity contribution in [2.75, 3.05) is 6.61 Å². The molecule has 0 N–H and O–H groups in total. The van der Waals surface area contributed by atoms with Gasteiger partial charge in [-0.1, -0.05) is 27.7 Å². The van der Waals surface area contributed by atoms with Crippen LogP contribution in [0.4, 0.5) is 0 Å². The Morgan fingerprint density at radius 2 is 1.55 bits per heavy atom. The van der Waals surface area contributed by atoms with E-state index in [-0.39, 0.29) is 30.4 Å². The van der Waals surface area contributed by atoms with Gasteiger partial charge >= 0.3 is 11.9 Å². The number of carbonyl (C=O) groups excluding carboxylic acids is 2. The maximum atomic E-state index is 11.6. The van der Waals surface area contributed by atoms with Crippen molar-refractivity contribution in [1.29, 1.82) is 0 Å². The molecule has 0 aromatic heterocycles. The van der Waals surface area contributed by atoms with Crippen molar-refractivity contribution in [3.05, 3.63) is 0 Å². The van der Waals surface area contributed by atoms with E-state index in [9.17, 15) is 9.59 Å². The Bertz CT molecular complexity index is 313. The van der Waals surface area contributed by atoms with Gasteiger partial charge in [0.05, 0.1) is 6.61 Å². The summed E-state index contributed by atoms with van der Waals surface area (Å²) in [5.41, 5.74) is -0.283. The van der Waals surface area contributed by atoms with Crippen LogP contribution in [0, 0.1) is 5.41 Å². The van der Waals surface area contributed by atoms with E-state index >= 15 is 0 Å². The third-order valence-electron chi connectivity index (χ3n) is 3.11. The van der Waals surface area contributed by atoms with Crippen LogP contribution in [0.15, 0.2) is 0 Å². The molecule has 0 aliphatic carbocycles. The highest BCUT2D eigenvalue weighted by atomic mass is 16.6. The van der Waals surface area contributed by atoms with E-state index in [0.29, 0.717) is 12.8 Å². The Balaban J connectivity index is 3.71. The standard InChI is InChI=1S/C16H30O4/c1-7-16(5,6)20-14(18)9-8-12-19-13(17)10-11-15(2,3)4/h7-12H2,1-6H3. The summed E-state index contributed by atoms with van der Waals surface area (Å²) < 4.78 is 10.4. The molecule has 0 spiro atoms. The Hall–Kier alpha value is -1.06. The predicted octanol–water partition coefficient (Wildman–Crippen LogP) is 3.87. The van der Waals surface area contributed by atoms with E-state index < -0.39 is 5.60 Å². The van der Waals surface area contributed by atoms with E-state index in [2.05, 4.69) is 20.8 Å². The lowest BCUT2D eigenvalue weighted by Gasteiger charge is -2.23. The van der Waals surface area contributed by atoms with Gasteiger partial charge in [0, 0.05) is 12.8 Å². The van der Waals surface area contributed by atoms with E-state index in [1.165, 1.54) is 0 Å². The summed E-state index contributed by atoms with van der Waals surface area (Å²) in [6.45, 7) is 12.3. The second kappa shape index (κ2) is 8.28. The molecule has 0 radical (unpaired) electrons. The van der Waals surface area contributed by atoms with Crippen LogP contribution in [0.25, 0.3) is 0 Å². The Morgan fingerprint density at radius 1 is 0.950 bits per heavy atom. The lowest BCUT2D eigenvalue weighted by Crippen LogP contribution is -2.27. The fourth-order valence-electron chi connectivity index (χ4n) is 1.38. The minimum absolute atomic E-state index is 0.133. The van der Waals surface area contributed by atoms with Gasteiger partial charge in [-0.25, -0.2) is 0 Å². The van der Waals surface area contributed by atoms with E-state index in [4.69, 9.17) is 9.47 Å². The molecular formula is C16H30O4. The summed E-state index contributed by atoms with van der Waals surface area (Å²) in [5.74, 6) is -0.426. The minimum Gasteiger partial charge on any atom is -0.466 e. The summed E-state index contributed by atoms with van der Waals surface area (Å²) in [5, 5.41) is 0. The average Bonchev–Trinajstić information content (AvgIpc) is 2.30. The number of ether oxygens (including phenoxy) is 2. The second-order valence-electron chi connectivity index (χ2n) is 6.97. The van der Waals surface area contributed by atoms with Gasteiger partial charge in [0.25, 0.3) is 0 Å². The van der Waals surface area contributed by atoms with Crippen LogP contribution < -0.4 is 0 Å². The maximum Gasteiger partial charge on any atom is 0.306 e. The van der Waals surface area contributed by atoms with Gasteiger partial charge in [-0.15, -0.1) is 0 Å². The summed E-state index contributed by atoms with van der Waals surface area (Å²) in [6.07, 6.45) is 2.81. The first kappa shape index (κ1) is 18.9. The molecule has 0 aliphatic heterocycles. The van der Waals surface area contributed by atoms with Crippen molar-refractivity contribution in [3.8, 4) is 0 Å². The molecule has 0 aromatic carbocycles. The fourth-order valence-corrected chi connectivity index (χ4v) is 1.38. The quantitative estimate of drug-likeness (QED) is 0.502. The number of esters is 2. The van der Waals surface area contributed by atoms with E-state index in [1.54, 1.807) is 0 Å². The Kier molecular flexibility index (Phi) is 7.84. The molecule has 0 rings (SSSR count). The van der Waals surface area contributed by atoms with Gasteiger partial charge in [-0.2, -0.15) is 0 Å². The van der Waals surface area contributed by atoms with Crippen LogP contribution in [0.3, 0.4) is 0 Å². The Morgan fingerprint density at radius 3 is 2.05 bits per heavy atom. The molecule has 0 heterocycles. The molecule has 118 valence electrons. The predicted molar refractivity (Wildman–Crippen MR) is 79.3 cm³/mol. The lowest BCUT2D eigenvalue weighted by molar-refractivity contribution is -0.158. The van der Waals surface area contributed by atoms with Gasteiger partial charge < -0.3 is 9.47 Å². The first-order chi connectivity index (χ1) is 9.06. The molecule has 0 aromatic rings. The SMILES string of the molecule is CCC(C)(C)OC(=O)CCCOC(=O)CCC(C)(C)C. The van der Waals surface area contributed by atoms with Gasteiger partial charge in [-0.3, -0.25) is 9.59 Å².